The van der Waals surface area contributed by atoms with Crippen LogP contribution in [0.25, 0.3) is 21.0 Å². The molecule has 0 N–H and O–H groups in total. The van der Waals surface area contributed by atoms with Crippen LogP contribution in [0.3, 0.4) is 0 Å². The molecule has 0 saturated heterocycles. The molecule has 9 heteroatoms. The molecule has 0 aromatic carbocycles. The molecule has 2 rings (SSSR count). The first-order valence-corrected chi connectivity index (χ1v) is 8.84. The Morgan fingerprint density at radius 3 is 3.08 bits per heavy atom. The molecule has 0 aliphatic heterocycles. The zero-order valence-electron chi connectivity index (χ0n) is 14.3. The Morgan fingerprint density at radius 2 is 2.32 bits per heavy atom. The molecule has 8 nitrogen and oxygen atoms in total. The second-order valence-corrected chi connectivity index (χ2v) is 6.10. The van der Waals surface area contributed by atoms with Crippen molar-refractivity contribution >= 4 is 23.1 Å². The fraction of sp³-hybridized carbons (Fsp3) is 0.438. The van der Waals surface area contributed by atoms with Crippen molar-refractivity contribution in [3.63, 3.8) is 0 Å². The van der Waals surface area contributed by atoms with Gasteiger partial charge < -0.3 is 9.64 Å². The minimum absolute atomic E-state index is 0.326. The number of aromatic nitrogens is 2. The van der Waals surface area contributed by atoms with E-state index in [0.29, 0.717) is 18.8 Å². The zero-order chi connectivity index (χ0) is 18.1. The van der Waals surface area contributed by atoms with Gasteiger partial charge in [0.25, 0.3) is 0 Å². The Hall–Kier alpha value is -2.64. The predicted octanol–water partition coefficient (Wildman–Crippen LogP) is 3.91. The number of hydrogen-bond donors (Lipinski definition) is 0. The molecule has 0 atom stereocenters. The normalized spacial score (nSPS) is 10.2. The van der Waals surface area contributed by atoms with E-state index in [1.807, 2.05) is 24.1 Å². The number of pyridine rings is 1. The summed E-state index contributed by atoms with van der Waals surface area (Å²) >= 11 is 1.40. The van der Waals surface area contributed by atoms with Crippen molar-refractivity contribution in [2.75, 3.05) is 31.6 Å². The number of thiazole rings is 1. The van der Waals surface area contributed by atoms with E-state index >= 15 is 0 Å². The van der Waals surface area contributed by atoms with Crippen LogP contribution in [-0.4, -0.2) is 42.7 Å². The van der Waals surface area contributed by atoms with Gasteiger partial charge in [0.05, 0.1) is 6.61 Å². The van der Waals surface area contributed by atoms with E-state index in [-0.39, 0.29) is 0 Å². The van der Waals surface area contributed by atoms with Crippen LogP contribution in [0, 0.1) is 0 Å². The number of azide groups is 1. The van der Waals surface area contributed by atoms with Crippen molar-refractivity contribution in [1.82, 2.24) is 9.97 Å². The quantitative estimate of drug-likeness (QED) is 0.222. The van der Waals surface area contributed by atoms with Gasteiger partial charge in [-0.15, -0.1) is 11.3 Å². The Kier molecular flexibility index (Phi) is 7.18. The van der Waals surface area contributed by atoms with Gasteiger partial charge in [-0.2, -0.15) is 0 Å². The Balaban J connectivity index is 2.03. The number of unbranched alkanes of at least 4 members (excludes halogenated alkanes) is 1. The number of ether oxygens (including phenoxy) is 1. The van der Waals surface area contributed by atoms with E-state index in [4.69, 9.17) is 10.3 Å². The Bertz CT molecular complexity index is 757. The number of rotatable bonds is 9. The molecule has 2 aromatic heterocycles. The highest BCUT2D eigenvalue weighted by atomic mass is 32.1. The average molecular weight is 360 g/mol. The monoisotopic (exact) mass is 360 g/mol. The first kappa shape index (κ1) is 18.7. The lowest BCUT2D eigenvalue weighted by Crippen LogP contribution is -2.19. The van der Waals surface area contributed by atoms with E-state index in [1.54, 1.807) is 18.5 Å². The number of anilines is 1. The van der Waals surface area contributed by atoms with Gasteiger partial charge in [-0.1, -0.05) is 5.11 Å². The van der Waals surface area contributed by atoms with E-state index < -0.39 is 5.97 Å². The molecule has 0 saturated carbocycles. The van der Waals surface area contributed by atoms with Crippen molar-refractivity contribution in [3.05, 3.63) is 39.8 Å². The summed E-state index contributed by atoms with van der Waals surface area (Å²) in [5, 5.41) is 5.98. The SMILES string of the molecule is CCOC(=O)c1csc(-c2ccnc(N(C)CCCCN=[N+]=[N-])c2)n1. The smallest absolute Gasteiger partial charge is 0.357 e. The summed E-state index contributed by atoms with van der Waals surface area (Å²) in [7, 11) is 1.96. The van der Waals surface area contributed by atoms with Crippen LogP contribution < -0.4 is 4.90 Å². The molecule has 25 heavy (non-hydrogen) atoms. The van der Waals surface area contributed by atoms with Gasteiger partial charge in [0.2, 0.25) is 0 Å². The van der Waals surface area contributed by atoms with Crippen molar-refractivity contribution in [2.24, 2.45) is 5.11 Å². The molecular formula is C16H20N6O2S. The minimum Gasteiger partial charge on any atom is -0.461 e. The third-order valence-corrected chi connectivity index (χ3v) is 4.33. The summed E-state index contributed by atoms with van der Waals surface area (Å²) in [4.78, 5) is 25.2. The number of nitrogens with zero attached hydrogens (tertiary/aromatic N) is 6. The van der Waals surface area contributed by atoms with Gasteiger partial charge in [-0.05, 0) is 37.4 Å². The van der Waals surface area contributed by atoms with Crippen LogP contribution in [0.15, 0.2) is 28.8 Å². The number of hydrogen-bond acceptors (Lipinski definition) is 7. The summed E-state index contributed by atoms with van der Waals surface area (Å²) in [6, 6.07) is 3.81. The summed E-state index contributed by atoms with van der Waals surface area (Å²) in [5.74, 6) is 0.422. The van der Waals surface area contributed by atoms with Gasteiger partial charge in [-0.3, -0.25) is 0 Å². The predicted molar refractivity (Wildman–Crippen MR) is 97.8 cm³/mol. The lowest BCUT2D eigenvalue weighted by molar-refractivity contribution is 0.0520. The molecule has 132 valence electrons. The third-order valence-electron chi connectivity index (χ3n) is 3.44. The maximum atomic E-state index is 11.7. The largest absolute Gasteiger partial charge is 0.461 e. The first-order valence-electron chi connectivity index (χ1n) is 7.96. The van der Waals surface area contributed by atoms with E-state index in [2.05, 4.69) is 20.0 Å². The number of esters is 1. The molecule has 0 aliphatic carbocycles. The standard InChI is InChI=1S/C16H20N6O2S/c1-3-24-16(23)13-11-25-15(20-13)12-6-8-18-14(10-12)22(2)9-5-4-7-19-21-17/h6,8,10-11H,3-5,7,9H2,1-2H3. The van der Waals surface area contributed by atoms with Crippen LogP contribution in [0.2, 0.25) is 0 Å². The Morgan fingerprint density at radius 1 is 1.48 bits per heavy atom. The highest BCUT2D eigenvalue weighted by Crippen LogP contribution is 2.26. The minimum atomic E-state index is -0.406. The summed E-state index contributed by atoms with van der Waals surface area (Å²) in [6.07, 6.45) is 3.47. The van der Waals surface area contributed by atoms with Crippen molar-refractivity contribution < 1.29 is 9.53 Å². The summed E-state index contributed by atoms with van der Waals surface area (Å²) in [6.45, 7) is 3.41. The molecule has 0 unspecified atom stereocenters. The highest BCUT2D eigenvalue weighted by Gasteiger charge is 2.13. The van der Waals surface area contributed by atoms with Gasteiger partial charge in [-0.25, -0.2) is 14.8 Å². The van der Waals surface area contributed by atoms with Gasteiger partial charge >= 0.3 is 5.97 Å². The second-order valence-electron chi connectivity index (χ2n) is 5.24. The molecule has 0 bridgehead atoms. The molecule has 2 aromatic rings. The van der Waals surface area contributed by atoms with Crippen molar-refractivity contribution in [1.29, 1.82) is 0 Å². The maximum absolute atomic E-state index is 11.7. The lowest BCUT2D eigenvalue weighted by Gasteiger charge is -2.18. The fourth-order valence-corrected chi connectivity index (χ4v) is 2.94. The van der Waals surface area contributed by atoms with E-state index in [9.17, 15) is 4.79 Å². The second kappa shape index (κ2) is 9.61. The van der Waals surface area contributed by atoms with Crippen LogP contribution in [0.4, 0.5) is 5.82 Å². The van der Waals surface area contributed by atoms with Crippen molar-refractivity contribution in [3.8, 4) is 10.6 Å². The van der Waals surface area contributed by atoms with Gasteiger partial charge in [0.1, 0.15) is 10.8 Å². The molecule has 2 heterocycles. The molecular weight excluding hydrogens is 340 g/mol. The topological polar surface area (TPSA) is 104 Å². The Labute approximate surface area is 150 Å². The summed E-state index contributed by atoms with van der Waals surface area (Å²) < 4.78 is 4.97. The first-order chi connectivity index (χ1) is 12.2. The molecule has 0 aliphatic rings. The number of carbonyl (C=O) groups is 1. The van der Waals surface area contributed by atoms with Crippen LogP contribution in [0.1, 0.15) is 30.3 Å². The van der Waals surface area contributed by atoms with Gasteiger partial charge in [0, 0.05) is 42.2 Å². The molecule has 0 radical (unpaired) electrons. The third kappa shape index (κ3) is 5.44. The zero-order valence-corrected chi connectivity index (χ0v) is 15.1. The van der Waals surface area contributed by atoms with E-state index in [0.717, 1.165) is 35.8 Å². The highest BCUT2D eigenvalue weighted by molar-refractivity contribution is 7.13. The fourth-order valence-electron chi connectivity index (χ4n) is 2.16. The van der Waals surface area contributed by atoms with Crippen molar-refractivity contribution in [2.45, 2.75) is 19.8 Å². The van der Waals surface area contributed by atoms with Crippen LogP contribution >= 0.6 is 11.3 Å². The van der Waals surface area contributed by atoms with E-state index in [1.165, 1.54) is 11.3 Å². The molecule has 0 amide bonds. The lowest BCUT2D eigenvalue weighted by atomic mass is 10.2. The summed E-state index contributed by atoms with van der Waals surface area (Å²) in [5.41, 5.74) is 9.50. The number of carbonyl (C=O) groups excluding carboxylic acids is 1. The maximum Gasteiger partial charge on any atom is 0.357 e. The van der Waals surface area contributed by atoms with Gasteiger partial charge in [0.15, 0.2) is 5.69 Å². The van der Waals surface area contributed by atoms with Crippen LogP contribution in [-0.2, 0) is 4.74 Å². The average Bonchev–Trinajstić information content (AvgIpc) is 3.12. The molecule has 0 spiro atoms. The van der Waals surface area contributed by atoms with Crippen LogP contribution in [0.5, 0.6) is 0 Å². The molecule has 0 fully saturated rings.